The van der Waals surface area contributed by atoms with E-state index >= 15 is 0 Å². The summed E-state index contributed by atoms with van der Waals surface area (Å²) in [6.45, 7) is 3.85. The highest BCUT2D eigenvalue weighted by Gasteiger charge is 2.20. The summed E-state index contributed by atoms with van der Waals surface area (Å²) in [6.07, 6.45) is 0. The van der Waals surface area contributed by atoms with Gasteiger partial charge in [-0.05, 0) is 55.8 Å². The van der Waals surface area contributed by atoms with Crippen LogP contribution in [0.25, 0.3) is 0 Å². The molecule has 8 heteroatoms. The van der Waals surface area contributed by atoms with E-state index in [1.807, 2.05) is 0 Å². The van der Waals surface area contributed by atoms with Crippen LogP contribution in [0.4, 0.5) is 15.8 Å². The lowest BCUT2D eigenvalue weighted by Crippen LogP contribution is -2.17. The van der Waals surface area contributed by atoms with E-state index in [0.29, 0.717) is 12.3 Å². The van der Waals surface area contributed by atoms with Gasteiger partial charge in [-0.15, -0.1) is 0 Å². The monoisotopic (exact) mass is 428 g/mol. The summed E-state index contributed by atoms with van der Waals surface area (Å²) >= 11 is 0. The summed E-state index contributed by atoms with van der Waals surface area (Å²) in [7, 11) is -3.93. The minimum absolute atomic E-state index is 0.0713. The summed E-state index contributed by atoms with van der Waals surface area (Å²) in [5, 5.41) is 2.54. The van der Waals surface area contributed by atoms with Gasteiger partial charge in [-0.25, -0.2) is 12.8 Å². The van der Waals surface area contributed by atoms with Crippen molar-refractivity contribution in [1.29, 1.82) is 0 Å². The van der Waals surface area contributed by atoms with Crippen molar-refractivity contribution in [3.8, 4) is 5.75 Å². The molecular weight excluding hydrogens is 407 g/mol. The van der Waals surface area contributed by atoms with Crippen molar-refractivity contribution in [2.24, 2.45) is 0 Å². The lowest BCUT2D eigenvalue weighted by molar-refractivity contribution is 0.102. The second-order valence-corrected chi connectivity index (χ2v) is 8.13. The number of nitrogens with one attached hydrogen (secondary N) is 2. The molecule has 3 aromatic carbocycles. The molecule has 0 saturated heterocycles. The Kier molecular flexibility index (Phi) is 6.37. The fourth-order valence-electron chi connectivity index (χ4n) is 2.78. The van der Waals surface area contributed by atoms with E-state index in [1.54, 1.807) is 38.1 Å². The highest BCUT2D eigenvalue weighted by molar-refractivity contribution is 7.92. The van der Waals surface area contributed by atoms with Crippen LogP contribution >= 0.6 is 0 Å². The minimum atomic E-state index is -3.93. The van der Waals surface area contributed by atoms with Crippen molar-refractivity contribution in [2.45, 2.75) is 18.7 Å². The Morgan fingerprint density at radius 3 is 2.40 bits per heavy atom. The van der Waals surface area contributed by atoms with Gasteiger partial charge in [0.25, 0.3) is 15.9 Å². The Labute approximate surface area is 174 Å². The lowest BCUT2D eigenvalue weighted by Gasteiger charge is -2.15. The molecule has 0 spiro atoms. The van der Waals surface area contributed by atoms with Crippen LogP contribution in [0.3, 0.4) is 0 Å². The molecule has 3 aromatic rings. The Bertz CT molecular complexity index is 1180. The summed E-state index contributed by atoms with van der Waals surface area (Å²) in [6, 6.07) is 16.6. The third kappa shape index (κ3) is 4.77. The molecule has 0 saturated carbocycles. The second kappa shape index (κ2) is 8.96. The van der Waals surface area contributed by atoms with Gasteiger partial charge >= 0.3 is 0 Å². The first kappa shape index (κ1) is 21.3. The molecule has 0 aliphatic carbocycles. The third-order valence-corrected chi connectivity index (χ3v) is 5.68. The van der Waals surface area contributed by atoms with Crippen LogP contribution in [0.1, 0.15) is 22.8 Å². The van der Waals surface area contributed by atoms with Crippen LogP contribution in [-0.2, 0) is 10.0 Å². The highest BCUT2D eigenvalue weighted by atomic mass is 32.2. The first-order valence-corrected chi connectivity index (χ1v) is 10.7. The zero-order valence-corrected chi connectivity index (χ0v) is 17.3. The number of benzene rings is 3. The molecule has 6 nitrogen and oxygen atoms in total. The van der Waals surface area contributed by atoms with E-state index < -0.39 is 21.7 Å². The van der Waals surface area contributed by atoms with E-state index in [0.717, 1.165) is 5.56 Å². The molecule has 0 fully saturated rings. The van der Waals surface area contributed by atoms with E-state index in [2.05, 4.69) is 10.0 Å². The van der Waals surface area contributed by atoms with Gasteiger partial charge < -0.3 is 10.1 Å². The predicted molar refractivity (Wildman–Crippen MR) is 114 cm³/mol. The standard InChI is InChI=1S/C22H21FN2O4S/c1-3-29-21-13-12-16(30(27,28)25-19-11-7-4-8-15(19)2)14-20(21)24-22(26)17-9-5-6-10-18(17)23/h4-14,25H,3H2,1-2H3,(H,24,26). The number of amides is 1. The zero-order chi connectivity index (χ0) is 21.7. The molecule has 2 N–H and O–H groups in total. The quantitative estimate of drug-likeness (QED) is 0.577. The molecule has 0 aromatic heterocycles. The first-order valence-electron chi connectivity index (χ1n) is 9.23. The molecule has 156 valence electrons. The number of aryl methyl sites for hydroxylation is 1. The van der Waals surface area contributed by atoms with Gasteiger partial charge in [0.1, 0.15) is 11.6 Å². The fourth-order valence-corrected chi connectivity index (χ4v) is 3.94. The largest absolute Gasteiger partial charge is 0.492 e. The summed E-state index contributed by atoms with van der Waals surface area (Å²) in [5.41, 5.74) is 1.17. The molecule has 0 aliphatic rings. The molecule has 0 atom stereocenters. The summed E-state index contributed by atoms with van der Waals surface area (Å²) < 4.78 is 47.7. The Hall–Kier alpha value is -3.39. The van der Waals surface area contributed by atoms with Crippen LogP contribution < -0.4 is 14.8 Å². The third-order valence-electron chi connectivity index (χ3n) is 4.32. The van der Waals surface area contributed by atoms with Gasteiger partial charge in [0.05, 0.1) is 28.4 Å². The second-order valence-electron chi connectivity index (χ2n) is 6.45. The summed E-state index contributed by atoms with van der Waals surface area (Å²) in [5.74, 6) is -1.12. The number of hydrogen-bond donors (Lipinski definition) is 2. The van der Waals surface area contributed by atoms with E-state index in [1.165, 1.54) is 42.5 Å². The van der Waals surface area contributed by atoms with Gasteiger partial charge in [-0.3, -0.25) is 9.52 Å². The molecule has 0 radical (unpaired) electrons. The van der Waals surface area contributed by atoms with E-state index in [-0.39, 0.29) is 21.9 Å². The molecule has 0 heterocycles. The SMILES string of the molecule is CCOc1ccc(S(=O)(=O)Nc2ccccc2C)cc1NC(=O)c1ccccc1F. The zero-order valence-electron chi connectivity index (χ0n) is 16.5. The summed E-state index contributed by atoms with van der Waals surface area (Å²) in [4.78, 5) is 12.4. The van der Waals surface area contributed by atoms with Crippen LogP contribution in [-0.4, -0.2) is 20.9 Å². The first-order chi connectivity index (χ1) is 14.3. The Balaban J connectivity index is 1.95. The number of ether oxygens (including phenoxy) is 1. The fraction of sp³-hybridized carbons (Fsp3) is 0.136. The van der Waals surface area contributed by atoms with Gasteiger partial charge in [-0.2, -0.15) is 0 Å². The maximum absolute atomic E-state index is 13.9. The maximum Gasteiger partial charge on any atom is 0.261 e. The number of carbonyl (C=O) groups excluding carboxylic acids is 1. The smallest absolute Gasteiger partial charge is 0.261 e. The number of para-hydroxylation sites is 1. The van der Waals surface area contributed by atoms with Crippen molar-refractivity contribution in [3.63, 3.8) is 0 Å². The van der Waals surface area contributed by atoms with Gasteiger partial charge in [0.2, 0.25) is 0 Å². The molecular formula is C22H21FN2O4S. The molecule has 0 bridgehead atoms. The number of rotatable bonds is 7. The number of halogens is 1. The number of sulfonamides is 1. The molecule has 3 rings (SSSR count). The van der Waals surface area contributed by atoms with Crippen molar-refractivity contribution in [1.82, 2.24) is 0 Å². The molecule has 1 amide bonds. The highest BCUT2D eigenvalue weighted by Crippen LogP contribution is 2.30. The topological polar surface area (TPSA) is 84.5 Å². The van der Waals surface area contributed by atoms with Crippen LogP contribution in [0, 0.1) is 12.7 Å². The molecule has 0 aliphatic heterocycles. The number of hydrogen-bond acceptors (Lipinski definition) is 4. The van der Waals surface area contributed by atoms with E-state index in [9.17, 15) is 17.6 Å². The Morgan fingerprint density at radius 2 is 1.70 bits per heavy atom. The lowest BCUT2D eigenvalue weighted by atomic mass is 10.2. The van der Waals surface area contributed by atoms with Crippen LogP contribution in [0.5, 0.6) is 5.75 Å². The average Bonchev–Trinajstić information content (AvgIpc) is 2.71. The van der Waals surface area contributed by atoms with Gasteiger partial charge in [0, 0.05) is 0 Å². The molecule has 0 unspecified atom stereocenters. The Morgan fingerprint density at radius 1 is 1.00 bits per heavy atom. The van der Waals surface area contributed by atoms with Gasteiger partial charge in [0.15, 0.2) is 0 Å². The number of anilines is 2. The van der Waals surface area contributed by atoms with Crippen molar-refractivity contribution in [2.75, 3.05) is 16.6 Å². The van der Waals surface area contributed by atoms with Crippen molar-refractivity contribution in [3.05, 3.63) is 83.7 Å². The van der Waals surface area contributed by atoms with Crippen LogP contribution in [0.15, 0.2) is 71.6 Å². The van der Waals surface area contributed by atoms with Crippen LogP contribution in [0.2, 0.25) is 0 Å². The van der Waals surface area contributed by atoms with E-state index in [4.69, 9.17) is 4.74 Å². The van der Waals surface area contributed by atoms with Gasteiger partial charge in [-0.1, -0.05) is 30.3 Å². The number of carbonyl (C=O) groups is 1. The average molecular weight is 428 g/mol. The molecule has 30 heavy (non-hydrogen) atoms. The normalized spacial score (nSPS) is 11.0. The maximum atomic E-state index is 13.9. The minimum Gasteiger partial charge on any atom is -0.492 e. The van der Waals surface area contributed by atoms with Crippen molar-refractivity contribution < 1.29 is 22.3 Å². The van der Waals surface area contributed by atoms with Crippen molar-refractivity contribution >= 4 is 27.3 Å². The predicted octanol–water partition coefficient (Wildman–Crippen LogP) is 4.59.